The summed E-state index contributed by atoms with van der Waals surface area (Å²) >= 11 is 0. The third-order valence-corrected chi connectivity index (χ3v) is 2.30. The molecule has 3 N–H and O–H groups in total. The summed E-state index contributed by atoms with van der Waals surface area (Å²) in [5, 5.41) is 13.7. The first-order valence-corrected chi connectivity index (χ1v) is 6.51. The standard InChI is InChI=1S/C14H22N2O5/c1-10(2)6-4-5-7-12(18)16-11(9-17)14(20)15-8-13(19)21-3/h4-7,10-11,17H,8-9H2,1-3H3,(H,15,20)(H,16,18)/b6-4+,7-5+. The molecular formula is C14H22N2O5. The van der Waals surface area contributed by atoms with Crippen LogP contribution in [0.4, 0.5) is 0 Å². The lowest BCUT2D eigenvalue weighted by molar-refractivity contribution is -0.141. The van der Waals surface area contributed by atoms with Crippen LogP contribution in [0.3, 0.4) is 0 Å². The first kappa shape index (κ1) is 18.9. The maximum Gasteiger partial charge on any atom is 0.325 e. The summed E-state index contributed by atoms with van der Waals surface area (Å²) in [5.74, 6) is -1.44. The molecule has 7 nitrogen and oxygen atoms in total. The average molecular weight is 298 g/mol. The molecule has 1 unspecified atom stereocenters. The Labute approximate surface area is 124 Å². The fourth-order valence-corrected chi connectivity index (χ4v) is 1.20. The zero-order valence-electron chi connectivity index (χ0n) is 12.5. The third-order valence-electron chi connectivity index (χ3n) is 2.30. The Morgan fingerprint density at radius 3 is 2.43 bits per heavy atom. The first-order chi connectivity index (χ1) is 9.90. The molecule has 0 saturated heterocycles. The fraction of sp³-hybridized carbons (Fsp3) is 0.500. The highest BCUT2D eigenvalue weighted by atomic mass is 16.5. The first-order valence-electron chi connectivity index (χ1n) is 6.51. The number of aliphatic hydroxyl groups excluding tert-OH is 1. The van der Waals surface area contributed by atoms with Crippen molar-refractivity contribution in [3.05, 3.63) is 24.3 Å². The molecule has 21 heavy (non-hydrogen) atoms. The molecule has 0 aromatic carbocycles. The van der Waals surface area contributed by atoms with Crippen LogP contribution in [0.5, 0.6) is 0 Å². The van der Waals surface area contributed by atoms with Gasteiger partial charge in [-0.1, -0.05) is 32.1 Å². The molecule has 118 valence electrons. The zero-order chi connectivity index (χ0) is 16.3. The van der Waals surface area contributed by atoms with Gasteiger partial charge in [0.1, 0.15) is 12.6 Å². The van der Waals surface area contributed by atoms with Crippen molar-refractivity contribution in [3.8, 4) is 0 Å². The highest BCUT2D eigenvalue weighted by Gasteiger charge is 2.19. The maximum absolute atomic E-state index is 11.6. The lowest BCUT2D eigenvalue weighted by atomic mass is 10.2. The van der Waals surface area contributed by atoms with E-state index in [1.54, 1.807) is 6.08 Å². The lowest BCUT2D eigenvalue weighted by Gasteiger charge is -2.14. The van der Waals surface area contributed by atoms with Gasteiger partial charge in [0.25, 0.3) is 0 Å². The molecule has 1 atom stereocenters. The van der Waals surface area contributed by atoms with Crippen LogP contribution in [-0.4, -0.2) is 49.2 Å². The fourth-order valence-electron chi connectivity index (χ4n) is 1.20. The van der Waals surface area contributed by atoms with Gasteiger partial charge < -0.3 is 20.5 Å². The summed E-state index contributed by atoms with van der Waals surface area (Å²) in [7, 11) is 1.19. The predicted molar refractivity (Wildman–Crippen MR) is 77.2 cm³/mol. The van der Waals surface area contributed by atoms with Gasteiger partial charge in [0, 0.05) is 6.08 Å². The molecule has 7 heteroatoms. The number of esters is 1. The minimum absolute atomic E-state index is 0.325. The highest BCUT2D eigenvalue weighted by Crippen LogP contribution is 1.93. The lowest BCUT2D eigenvalue weighted by Crippen LogP contribution is -2.49. The molecule has 0 radical (unpaired) electrons. The molecule has 0 aromatic heterocycles. The number of aliphatic hydroxyl groups is 1. The van der Waals surface area contributed by atoms with Gasteiger partial charge in [0.05, 0.1) is 13.7 Å². The van der Waals surface area contributed by atoms with Crippen molar-refractivity contribution in [2.45, 2.75) is 19.9 Å². The molecule has 0 aromatic rings. The Morgan fingerprint density at radius 1 is 1.24 bits per heavy atom. The van der Waals surface area contributed by atoms with Crippen LogP contribution in [0.15, 0.2) is 24.3 Å². The number of hydrogen-bond donors (Lipinski definition) is 3. The van der Waals surface area contributed by atoms with E-state index in [0.29, 0.717) is 5.92 Å². The van der Waals surface area contributed by atoms with Gasteiger partial charge in [-0.15, -0.1) is 0 Å². The van der Waals surface area contributed by atoms with Crippen molar-refractivity contribution in [1.29, 1.82) is 0 Å². The van der Waals surface area contributed by atoms with Crippen LogP contribution in [0.1, 0.15) is 13.8 Å². The number of carbonyl (C=O) groups is 3. The monoisotopic (exact) mass is 298 g/mol. The van der Waals surface area contributed by atoms with E-state index in [1.165, 1.54) is 19.3 Å². The van der Waals surface area contributed by atoms with Crippen molar-refractivity contribution in [3.63, 3.8) is 0 Å². The van der Waals surface area contributed by atoms with Crippen LogP contribution in [-0.2, 0) is 19.1 Å². The van der Waals surface area contributed by atoms with Gasteiger partial charge >= 0.3 is 5.97 Å². The molecule has 0 aliphatic heterocycles. The van der Waals surface area contributed by atoms with E-state index in [2.05, 4.69) is 15.4 Å². The molecule has 0 aliphatic rings. The molecule has 0 spiro atoms. The number of hydrogen-bond acceptors (Lipinski definition) is 5. The second kappa shape index (κ2) is 10.6. The van der Waals surface area contributed by atoms with Crippen molar-refractivity contribution in [2.24, 2.45) is 5.92 Å². The minimum Gasteiger partial charge on any atom is -0.468 e. The van der Waals surface area contributed by atoms with Gasteiger partial charge in [0.2, 0.25) is 11.8 Å². The summed E-state index contributed by atoms with van der Waals surface area (Å²) in [6, 6.07) is -1.12. The van der Waals surface area contributed by atoms with E-state index in [9.17, 15) is 14.4 Å². The van der Waals surface area contributed by atoms with E-state index in [-0.39, 0.29) is 6.54 Å². The number of allylic oxidation sites excluding steroid dienone is 3. The average Bonchev–Trinajstić information content (AvgIpc) is 2.46. The van der Waals surface area contributed by atoms with Crippen molar-refractivity contribution >= 4 is 17.8 Å². The van der Waals surface area contributed by atoms with Crippen LogP contribution in [0.25, 0.3) is 0 Å². The molecule has 0 saturated carbocycles. The van der Waals surface area contributed by atoms with Crippen molar-refractivity contribution < 1.29 is 24.2 Å². The summed E-state index contributed by atoms with van der Waals surface area (Å²) < 4.78 is 4.36. The summed E-state index contributed by atoms with van der Waals surface area (Å²) in [6.45, 7) is 3.10. The summed E-state index contributed by atoms with van der Waals surface area (Å²) in [5.41, 5.74) is 0. The minimum atomic E-state index is -1.12. The number of nitrogens with one attached hydrogen (secondary N) is 2. The summed E-state index contributed by atoms with van der Waals surface area (Å²) in [6.07, 6.45) is 6.40. The molecule has 0 aliphatic carbocycles. The largest absolute Gasteiger partial charge is 0.468 e. The predicted octanol–water partition coefficient (Wildman–Crippen LogP) is -0.479. The Kier molecular flexibility index (Phi) is 9.53. The smallest absolute Gasteiger partial charge is 0.325 e. The number of methoxy groups -OCH3 is 1. The van der Waals surface area contributed by atoms with Gasteiger partial charge in [-0.2, -0.15) is 0 Å². The quantitative estimate of drug-likeness (QED) is 0.319. The second-order valence-corrected chi connectivity index (χ2v) is 4.53. The van der Waals surface area contributed by atoms with Crippen LogP contribution < -0.4 is 10.6 Å². The van der Waals surface area contributed by atoms with Gasteiger partial charge in [-0.3, -0.25) is 14.4 Å². The normalized spacial score (nSPS) is 12.6. The zero-order valence-corrected chi connectivity index (χ0v) is 12.5. The SMILES string of the molecule is COC(=O)CNC(=O)C(CO)NC(=O)/C=C/C=C/C(C)C. The second-order valence-electron chi connectivity index (χ2n) is 4.53. The molecule has 0 rings (SSSR count). The number of amides is 2. The van der Waals surface area contributed by atoms with Crippen molar-refractivity contribution in [1.82, 2.24) is 10.6 Å². The van der Waals surface area contributed by atoms with E-state index < -0.39 is 30.4 Å². The highest BCUT2D eigenvalue weighted by molar-refractivity contribution is 5.93. The summed E-state index contributed by atoms with van der Waals surface area (Å²) in [4.78, 5) is 34.0. The van der Waals surface area contributed by atoms with Gasteiger partial charge in [-0.25, -0.2) is 0 Å². The van der Waals surface area contributed by atoms with Gasteiger partial charge in [-0.05, 0) is 5.92 Å². The van der Waals surface area contributed by atoms with E-state index in [4.69, 9.17) is 5.11 Å². The van der Waals surface area contributed by atoms with E-state index in [1.807, 2.05) is 19.9 Å². The Balaban J connectivity index is 4.32. The molecule has 0 heterocycles. The van der Waals surface area contributed by atoms with Crippen LogP contribution in [0, 0.1) is 5.92 Å². The van der Waals surface area contributed by atoms with Crippen molar-refractivity contribution in [2.75, 3.05) is 20.3 Å². The number of rotatable bonds is 8. The van der Waals surface area contributed by atoms with Crippen LogP contribution in [0.2, 0.25) is 0 Å². The Hall–Kier alpha value is -2.15. The number of carbonyl (C=O) groups excluding carboxylic acids is 3. The van der Waals surface area contributed by atoms with Gasteiger partial charge in [0.15, 0.2) is 0 Å². The maximum atomic E-state index is 11.6. The third kappa shape index (κ3) is 9.39. The Bertz CT molecular complexity index is 416. The molecule has 0 bridgehead atoms. The Morgan fingerprint density at radius 2 is 1.90 bits per heavy atom. The van der Waals surface area contributed by atoms with E-state index >= 15 is 0 Å². The van der Waals surface area contributed by atoms with E-state index in [0.717, 1.165) is 0 Å². The molecular weight excluding hydrogens is 276 g/mol. The topological polar surface area (TPSA) is 105 Å². The number of ether oxygens (including phenoxy) is 1. The molecule has 0 fully saturated rings. The molecule has 2 amide bonds. The van der Waals surface area contributed by atoms with Crippen LogP contribution >= 0.6 is 0 Å².